The summed E-state index contributed by atoms with van der Waals surface area (Å²) in [5, 5.41) is 2.59. The van der Waals surface area contributed by atoms with Crippen LogP contribution in [0.3, 0.4) is 0 Å². The second-order valence-electron chi connectivity index (χ2n) is 5.68. The fraction of sp³-hybridized carbons (Fsp3) is 0.211. The maximum absolute atomic E-state index is 12.0. The van der Waals surface area contributed by atoms with Crippen LogP contribution in [-0.2, 0) is 22.4 Å². The van der Waals surface area contributed by atoms with Crippen LogP contribution in [0.4, 0.5) is 0 Å². The van der Waals surface area contributed by atoms with Crippen LogP contribution in [0.2, 0.25) is 0 Å². The van der Waals surface area contributed by atoms with Gasteiger partial charge in [0.2, 0.25) is 11.8 Å². The molecule has 0 fully saturated rings. The Hall–Kier alpha value is -2.93. The largest absolute Gasteiger partial charge is 0.497 e. The normalized spacial score (nSPS) is 9.92. The van der Waals surface area contributed by atoms with Crippen molar-refractivity contribution >= 4 is 29.1 Å². The predicted octanol–water partition coefficient (Wildman–Crippen LogP) is 1.81. The van der Waals surface area contributed by atoms with E-state index >= 15 is 0 Å². The molecule has 0 aliphatic rings. The number of amides is 2. The number of carbonyl (C=O) groups is 2. The van der Waals surface area contributed by atoms with Gasteiger partial charge in [-0.1, -0.05) is 36.4 Å². The zero-order valence-electron chi connectivity index (χ0n) is 14.7. The first kappa shape index (κ1) is 19.4. The summed E-state index contributed by atoms with van der Waals surface area (Å²) in [5.41, 5.74) is 7.79. The summed E-state index contributed by atoms with van der Waals surface area (Å²) in [7, 11) is 1.58. The second kappa shape index (κ2) is 9.53. The Morgan fingerprint density at radius 1 is 0.962 bits per heavy atom. The van der Waals surface area contributed by atoms with E-state index in [9.17, 15) is 9.59 Å². The maximum Gasteiger partial charge on any atom is 0.242 e. The van der Waals surface area contributed by atoms with Gasteiger partial charge in [-0.25, -0.2) is 0 Å². The number of benzene rings is 2. The Balaban J connectivity index is 1.74. The fourth-order valence-electron chi connectivity index (χ4n) is 2.28. The molecule has 2 rings (SSSR count). The van der Waals surface area contributed by atoms with Crippen molar-refractivity contribution in [1.29, 1.82) is 0 Å². The quantitative estimate of drug-likeness (QED) is 0.552. The lowest BCUT2D eigenvalue weighted by Crippen LogP contribution is -2.49. The van der Waals surface area contributed by atoms with Crippen LogP contribution in [0.25, 0.3) is 0 Å². The third-order valence-electron chi connectivity index (χ3n) is 3.70. The van der Waals surface area contributed by atoms with Crippen molar-refractivity contribution in [2.24, 2.45) is 0 Å². The van der Waals surface area contributed by atoms with Crippen LogP contribution >= 0.6 is 12.2 Å². The fourth-order valence-corrected chi connectivity index (χ4v) is 2.45. The van der Waals surface area contributed by atoms with E-state index in [4.69, 9.17) is 17.0 Å². The lowest BCUT2D eigenvalue weighted by molar-refractivity contribution is -0.121. The van der Waals surface area contributed by atoms with Crippen molar-refractivity contribution in [2.45, 2.75) is 19.8 Å². The molecule has 0 atom stereocenters. The van der Waals surface area contributed by atoms with Crippen molar-refractivity contribution in [2.75, 3.05) is 7.11 Å². The summed E-state index contributed by atoms with van der Waals surface area (Å²) in [5.74, 6) is 0.205. The van der Waals surface area contributed by atoms with Crippen LogP contribution < -0.4 is 20.9 Å². The van der Waals surface area contributed by atoms with Gasteiger partial charge in [0.05, 0.1) is 20.0 Å². The third-order valence-corrected chi connectivity index (χ3v) is 3.91. The molecule has 0 bridgehead atoms. The van der Waals surface area contributed by atoms with Gasteiger partial charge in [0, 0.05) is 0 Å². The van der Waals surface area contributed by atoms with E-state index in [2.05, 4.69) is 16.2 Å². The predicted molar refractivity (Wildman–Crippen MR) is 104 cm³/mol. The summed E-state index contributed by atoms with van der Waals surface area (Å²) in [4.78, 5) is 23.9. The molecule has 2 amide bonds. The first-order valence-corrected chi connectivity index (χ1v) is 8.45. The Bertz CT molecular complexity index is 791. The zero-order valence-corrected chi connectivity index (χ0v) is 15.5. The number of thiocarbonyl (C=S) groups is 1. The van der Waals surface area contributed by atoms with Crippen molar-refractivity contribution in [3.63, 3.8) is 0 Å². The van der Waals surface area contributed by atoms with Crippen molar-refractivity contribution in [1.82, 2.24) is 16.2 Å². The number of hydrogen-bond acceptors (Lipinski definition) is 4. The third kappa shape index (κ3) is 6.18. The van der Waals surface area contributed by atoms with Gasteiger partial charge in [0.25, 0.3) is 0 Å². The van der Waals surface area contributed by atoms with Gasteiger partial charge < -0.3 is 10.1 Å². The minimum absolute atomic E-state index is 0.0478. The van der Waals surface area contributed by atoms with Crippen LogP contribution in [0.15, 0.2) is 48.5 Å². The van der Waals surface area contributed by atoms with Crippen LogP contribution in [0.5, 0.6) is 5.75 Å². The van der Waals surface area contributed by atoms with Crippen molar-refractivity contribution in [3.8, 4) is 5.75 Å². The molecule has 0 radical (unpaired) electrons. The van der Waals surface area contributed by atoms with E-state index < -0.39 is 0 Å². The van der Waals surface area contributed by atoms with Gasteiger partial charge in [-0.2, -0.15) is 0 Å². The highest BCUT2D eigenvalue weighted by Gasteiger charge is 2.09. The SMILES string of the molecule is COc1ccc(CC(=O)NNC(=S)NC(=O)Cc2ccccc2C)cc1. The topological polar surface area (TPSA) is 79.5 Å². The minimum atomic E-state index is -0.273. The number of nitrogens with one attached hydrogen (secondary N) is 3. The lowest BCUT2D eigenvalue weighted by atomic mass is 10.1. The summed E-state index contributed by atoms with van der Waals surface area (Å²) in [6.07, 6.45) is 0.394. The molecule has 0 saturated carbocycles. The maximum atomic E-state index is 12.0. The Morgan fingerprint density at radius 3 is 2.31 bits per heavy atom. The molecule has 0 heterocycles. The molecule has 136 valence electrons. The molecule has 0 aliphatic carbocycles. The summed E-state index contributed by atoms with van der Waals surface area (Å²) in [6.45, 7) is 1.94. The zero-order chi connectivity index (χ0) is 18.9. The lowest BCUT2D eigenvalue weighted by Gasteiger charge is -2.11. The number of carbonyl (C=O) groups excluding carboxylic acids is 2. The molecule has 0 saturated heterocycles. The monoisotopic (exact) mass is 371 g/mol. The summed E-state index contributed by atoms with van der Waals surface area (Å²) in [6, 6.07) is 14.8. The van der Waals surface area contributed by atoms with Gasteiger partial charge in [0.15, 0.2) is 5.11 Å². The number of hydrazine groups is 1. The van der Waals surface area contributed by atoms with Crippen molar-refractivity contribution < 1.29 is 14.3 Å². The molecule has 0 aliphatic heterocycles. The standard InChI is InChI=1S/C19H21N3O3S/c1-13-5-3-4-6-15(13)12-17(23)20-19(26)22-21-18(24)11-14-7-9-16(25-2)10-8-14/h3-10H,11-12H2,1-2H3,(H,21,24)(H2,20,22,23,26). The average molecular weight is 371 g/mol. The van der Waals surface area contributed by atoms with E-state index in [1.165, 1.54) is 0 Å². The highest BCUT2D eigenvalue weighted by atomic mass is 32.1. The molecular formula is C19H21N3O3S. The van der Waals surface area contributed by atoms with Gasteiger partial charge in [0.1, 0.15) is 5.75 Å². The molecular weight excluding hydrogens is 350 g/mol. The van der Waals surface area contributed by atoms with Gasteiger partial charge in [-0.05, 0) is 48.0 Å². The molecule has 6 nitrogen and oxygen atoms in total. The van der Waals surface area contributed by atoms with Crippen LogP contribution in [-0.4, -0.2) is 24.0 Å². The van der Waals surface area contributed by atoms with Crippen LogP contribution in [0, 0.1) is 6.92 Å². The second-order valence-corrected chi connectivity index (χ2v) is 6.09. The molecule has 0 unspecified atom stereocenters. The number of rotatable bonds is 5. The first-order chi connectivity index (χ1) is 12.5. The number of methoxy groups -OCH3 is 1. The number of hydrogen-bond donors (Lipinski definition) is 3. The molecule has 7 heteroatoms. The molecule has 2 aromatic carbocycles. The smallest absolute Gasteiger partial charge is 0.242 e. The average Bonchev–Trinajstić information content (AvgIpc) is 2.62. The Morgan fingerprint density at radius 2 is 1.65 bits per heavy atom. The first-order valence-electron chi connectivity index (χ1n) is 8.04. The minimum Gasteiger partial charge on any atom is -0.497 e. The number of aryl methyl sites for hydroxylation is 1. The molecule has 0 aromatic heterocycles. The van der Waals surface area contributed by atoms with E-state index in [-0.39, 0.29) is 29.8 Å². The molecule has 2 aromatic rings. The molecule has 3 N–H and O–H groups in total. The van der Waals surface area contributed by atoms with Gasteiger partial charge >= 0.3 is 0 Å². The van der Waals surface area contributed by atoms with Crippen LogP contribution in [0.1, 0.15) is 16.7 Å². The van der Waals surface area contributed by atoms with E-state index in [1.807, 2.05) is 31.2 Å². The van der Waals surface area contributed by atoms with E-state index in [0.717, 1.165) is 22.4 Å². The Labute approximate surface area is 157 Å². The van der Waals surface area contributed by atoms with Gasteiger partial charge in [-0.15, -0.1) is 0 Å². The van der Waals surface area contributed by atoms with E-state index in [0.29, 0.717) is 0 Å². The molecule has 26 heavy (non-hydrogen) atoms. The number of ether oxygens (including phenoxy) is 1. The van der Waals surface area contributed by atoms with Crippen molar-refractivity contribution in [3.05, 3.63) is 65.2 Å². The highest BCUT2D eigenvalue weighted by molar-refractivity contribution is 7.80. The Kier molecular flexibility index (Phi) is 7.11. The summed E-state index contributed by atoms with van der Waals surface area (Å²) < 4.78 is 5.07. The van der Waals surface area contributed by atoms with Gasteiger partial charge in [-0.3, -0.25) is 20.4 Å². The summed E-state index contributed by atoms with van der Waals surface area (Å²) >= 11 is 5.02. The highest BCUT2D eigenvalue weighted by Crippen LogP contribution is 2.11. The van der Waals surface area contributed by atoms with E-state index in [1.54, 1.807) is 31.4 Å². The molecule has 0 spiro atoms.